The quantitative estimate of drug-likeness (QED) is 0.747. The molecule has 1 N–H and O–H groups in total. The average molecular weight is 323 g/mol. The molecule has 0 atom stereocenters. The third kappa shape index (κ3) is 3.43. The number of nitrogens with zero attached hydrogens (tertiary/aromatic N) is 2. The van der Waals surface area contributed by atoms with Gasteiger partial charge < -0.3 is 10.1 Å². The number of anilines is 1. The lowest BCUT2D eigenvalue weighted by Crippen LogP contribution is -2.14. The van der Waals surface area contributed by atoms with Gasteiger partial charge in [0, 0.05) is 5.56 Å². The van der Waals surface area contributed by atoms with Crippen LogP contribution in [0.4, 0.5) is 5.82 Å². The second-order valence-corrected chi connectivity index (χ2v) is 5.13. The zero-order valence-corrected chi connectivity index (χ0v) is 13.2. The molecule has 122 valence electrons. The van der Waals surface area contributed by atoms with Crippen LogP contribution in [0.1, 0.15) is 23.7 Å². The average Bonchev–Trinajstić information content (AvgIpc) is 3.09. The Labute approximate surface area is 139 Å². The van der Waals surface area contributed by atoms with E-state index in [0.717, 1.165) is 12.0 Å². The molecule has 0 aliphatic rings. The number of rotatable bonds is 6. The van der Waals surface area contributed by atoms with Crippen LogP contribution in [-0.4, -0.2) is 22.8 Å². The lowest BCUT2D eigenvalue weighted by molar-refractivity contribution is 0.102. The van der Waals surface area contributed by atoms with Crippen molar-refractivity contribution in [2.45, 2.75) is 13.3 Å². The normalized spacial score (nSPS) is 10.4. The molecule has 1 amide bonds. The Kier molecular flexibility index (Phi) is 4.86. The number of para-hydroxylation sites is 1. The fraction of sp³-hybridized carbons (Fsp3) is 0.167. The van der Waals surface area contributed by atoms with Crippen LogP contribution in [0.2, 0.25) is 0 Å². The summed E-state index contributed by atoms with van der Waals surface area (Å²) >= 11 is 0. The topological polar surface area (TPSA) is 77.2 Å². The molecular weight excluding hydrogens is 306 g/mol. The molecule has 24 heavy (non-hydrogen) atoms. The van der Waals surface area contributed by atoms with Crippen LogP contribution in [0.5, 0.6) is 5.75 Å². The summed E-state index contributed by atoms with van der Waals surface area (Å²) in [6.07, 6.45) is 0.862. The number of hydrogen-bond donors (Lipinski definition) is 1. The highest BCUT2D eigenvalue weighted by atomic mass is 16.6. The van der Waals surface area contributed by atoms with E-state index < -0.39 is 0 Å². The minimum atomic E-state index is -0.324. The van der Waals surface area contributed by atoms with E-state index in [9.17, 15) is 4.79 Å². The van der Waals surface area contributed by atoms with Gasteiger partial charge in [-0.05, 0) is 28.9 Å². The van der Waals surface area contributed by atoms with Gasteiger partial charge in [-0.3, -0.25) is 4.79 Å². The van der Waals surface area contributed by atoms with Gasteiger partial charge in [-0.1, -0.05) is 49.4 Å². The first-order chi connectivity index (χ1) is 11.8. The Morgan fingerprint density at radius 3 is 2.62 bits per heavy atom. The molecule has 1 heterocycles. The van der Waals surface area contributed by atoms with E-state index in [-0.39, 0.29) is 11.7 Å². The van der Waals surface area contributed by atoms with Crippen LogP contribution in [0.15, 0.2) is 59.2 Å². The van der Waals surface area contributed by atoms with Crippen molar-refractivity contribution in [1.82, 2.24) is 10.3 Å². The van der Waals surface area contributed by atoms with Crippen LogP contribution >= 0.6 is 0 Å². The summed E-state index contributed by atoms with van der Waals surface area (Å²) in [4.78, 5) is 12.6. The number of aromatic nitrogens is 2. The van der Waals surface area contributed by atoms with Gasteiger partial charge in [0.05, 0.1) is 12.2 Å². The molecule has 3 rings (SSSR count). The van der Waals surface area contributed by atoms with Crippen LogP contribution in [-0.2, 0) is 0 Å². The summed E-state index contributed by atoms with van der Waals surface area (Å²) in [6.45, 7) is 2.56. The lowest BCUT2D eigenvalue weighted by atomic mass is 10.1. The highest BCUT2D eigenvalue weighted by Gasteiger charge is 2.18. The van der Waals surface area contributed by atoms with Crippen molar-refractivity contribution in [3.63, 3.8) is 0 Å². The number of carbonyl (C=O) groups is 1. The van der Waals surface area contributed by atoms with E-state index >= 15 is 0 Å². The van der Waals surface area contributed by atoms with Gasteiger partial charge in [-0.25, -0.2) is 4.63 Å². The Balaban J connectivity index is 1.83. The molecule has 1 aromatic heterocycles. The molecule has 0 unspecified atom stereocenters. The summed E-state index contributed by atoms with van der Waals surface area (Å²) in [5.74, 6) is 0.487. The molecule has 0 saturated carbocycles. The number of nitrogens with one attached hydrogen (secondary N) is 1. The smallest absolute Gasteiger partial charge is 0.260 e. The molecule has 6 nitrogen and oxygen atoms in total. The summed E-state index contributed by atoms with van der Waals surface area (Å²) in [7, 11) is 0. The SMILES string of the molecule is CCCOc1ccccc1C(=O)Nc1nonc1-c1ccccc1. The van der Waals surface area contributed by atoms with Crippen molar-refractivity contribution in [3.8, 4) is 17.0 Å². The fourth-order valence-electron chi connectivity index (χ4n) is 2.22. The first kappa shape index (κ1) is 15.7. The predicted molar refractivity (Wildman–Crippen MR) is 89.9 cm³/mol. The Morgan fingerprint density at radius 1 is 1.08 bits per heavy atom. The maximum Gasteiger partial charge on any atom is 0.260 e. The van der Waals surface area contributed by atoms with E-state index in [0.29, 0.717) is 23.6 Å². The summed E-state index contributed by atoms with van der Waals surface area (Å²) in [6, 6.07) is 16.5. The molecule has 0 radical (unpaired) electrons. The van der Waals surface area contributed by atoms with Crippen molar-refractivity contribution in [3.05, 3.63) is 60.2 Å². The van der Waals surface area contributed by atoms with Crippen LogP contribution < -0.4 is 10.1 Å². The highest BCUT2D eigenvalue weighted by Crippen LogP contribution is 2.25. The first-order valence-corrected chi connectivity index (χ1v) is 7.70. The minimum Gasteiger partial charge on any atom is -0.493 e. The van der Waals surface area contributed by atoms with Crippen LogP contribution in [0, 0.1) is 0 Å². The molecule has 3 aromatic rings. The van der Waals surface area contributed by atoms with Gasteiger partial charge in [0.15, 0.2) is 5.69 Å². The van der Waals surface area contributed by atoms with Crippen molar-refractivity contribution < 1.29 is 14.2 Å². The van der Waals surface area contributed by atoms with Gasteiger partial charge in [0.1, 0.15) is 5.75 Å². The van der Waals surface area contributed by atoms with Crippen molar-refractivity contribution in [2.75, 3.05) is 11.9 Å². The molecule has 0 aliphatic carbocycles. The van der Waals surface area contributed by atoms with Gasteiger partial charge in [0.25, 0.3) is 5.91 Å². The van der Waals surface area contributed by atoms with Gasteiger partial charge in [-0.2, -0.15) is 0 Å². The number of carbonyl (C=O) groups excluding carboxylic acids is 1. The van der Waals surface area contributed by atoms with E-state index in [1.54, 1.807) is 18.2 Å². The molecule has 6 heteroatoms. The maximum absolute atomic E-state index is 12.6. The number of amides is 1. The van der Waals surface area contributed by atoms with Crippen molar-refractivity contribution in [1.29, 1.82) is 0 Å². The molecule has 0 spiro atoms. The molecule has 0 fully saturated rings. The fourth-order valence-corrected chi connectivity index (χ4v) is 2.22. The van der Waals surface area contributed by atoms with Gasteiger partial charge >= 0.3 is 0 Å². The second kappa shape index (κ2) is 7.41. The van der Waals surface area contributed by atoms with Gasteiger partial charge in [-0.15, -0.1) is 0 Å². The van der Waals surface area contributed by atoms with Crippen LogP contribution in [0.25, 0.3) is 11.3 Å². The minimum absolute atomic E-state index is 0.275. The first-order valence-electron chi connectivity index (χ1n) is 7.70. The Bertz CT molecular complexity index is 815. The number of hydrogen-bond acceptors (Lipinski definition) is 5. The summed E-state index contributed by atoms with van der Waals surface area (Å²) in [5, 5.41) is 10.4. The molecule has 2 aromatic carbocycles. The predicted octanol–water partition coefficient (Wildman–Crippen LogP) is 3.78. The zero-order chi connectivity index (χ0) is 16.8. The molecule has 0 saturated heterocycles. The molecule has 0 bridgehead atoms. The van der Waals surface area contributed by atoms with E-state index in [1.807, 2.05) is 43.3 Å². The van der Waals surface area contributed by atoms with Gasteiger partial charge in [0.2, 0.25) is 5.82 Å². The van der Waals surface area contributed by atoms with E-state index in [4.69, 9.17) is 9.37 Å². The van der Waals surface area contributed by atoms with Crippen LogP contribution in [0.3, 0.4) is 0 Å². The summed E-state index contributed by atoms with van der Waals surface area (Å²) < 4.78 is 10.4. The molecule has 0 aliphatic heterocycles. The third-order valence-electron chi connectivity index (χ3n) is 3.36. The second-order valence-electron chi connectivity index (χ2n) is 5.13. The third-order valence-corrected chi connectivity index (χ3v) is 3.36. The van der Waals surface area contributed by atoms with E-state index in [2.05, 4.69) is 15.6 Å². The lowest BCUT2D eigenvalue weighted by Gasteiger charge is -2.10. The Hall–Kier alpha value is -3.15. The van der Waals surface area contributed by atoms with Crippen molar-refractivity contribution >= 4 is 11.7 Å². The highest BCUT2D eigenvalue weighted by molar-refractivity contribution is 6.06. The molecular formula is C18H17N3O3. The summed E-state index contributed by atoms with van der Waals surface area (Å²) in [5.41, 5.74) is 1.73. The van der Waals surface area contributed by atoms with E-state index in [1.165, 1.54) is 0 Å². The largest absolute Gasteiger partial charge is 0.493 e. The maximum atomic E-state index is 12.6. The Morgan fingerprint density at radius 2 is 1.83 bits per heavy atom. The zero-order valence-electron chi connectivity index (χ0n) is 13.2. The monoisotopic (exact) mass is 323 g/mol. The van der Waals surface area contributed by atoms with Crippen molar-refractivity contribution in [2.24, 2.45) is 0 Å². The standard InChI is InChI=1S/C18H17N3O3/c1-2-12-23-15-11-7-6-10-14(15)18(22)19-17-16(20-24-21-17)13-8-4-3-5-9-13/h3-11H,2,12H2,1H3,(H,19,21,22). The number of ether oxygens (including phenoxy) is 1. The number of benzene rings is 2.